The van der Waals surface area contributed by atoms with Gasteiger partial charge in [-0.2, -0.15) is 5.10 Å². The van der Waals surface area contributed by atoms with Crippen molar-refractivity contribution in [1.82, 2.24) is 14.7 Å². The molecule has 0 amide bonds. The smallest absolute Gasteiger partial charge is 0.0764 e. The predicted octanol–water partition coefficient (Wildman–Crippen LogP) is 4.53. The third kappa shape index (κ3) is 3.89. The lowest BCUT2D eigenvalue weighted by atomic mass is 9.94. The fourth-order valence-electron chi connectivity index (χ4n) is 3.95. The molecule has 3 nitrogen and oxygen atoms in total. The maximum absolute atomic E-state index is 4.85. The minimum absolute atomic E-state index is 0.649. The molecule has 0 aromatic carbocycles. The fraction of sp³-hybridized carbons (Fsp3) is 0.824. The fourth-order valence-corrected chi connectivity index (χ4v) is 4.94. The Labute approximate surface area is 137 Å². The first-order chi connectivity index (χ1) is 10.2. The summed E-state index contributed by atoms with van der Waals surface area (Å²) >= 11 is 3.87. The molecule has 2 aliphatic carbocycles. The van der Waals surface area contributed by atoms with Crippen molar-refractivity contribution in [3.8, 4) is 0 Å². The molecule has 0 aliphatic heterocycles. The number of hydrogen-bond acceptors (Lipinski definition) is 2. The summed E-state index contributed by atoms with van der Waals surface area (Å²) in [5.41, 5.74) is 1.23. The van der Waals surface area contributed by atoms with Crippen molar-refractivity contribution in [3.05, 3.63) is 18.0 Å². The van der Waals surface area contributed by atoms with E-state index in [4.69, 9.17) is 5.10 Å². The molecular formula is C17H28BrN3. The third-order valence-corrected chi connectivity index (χ3v) is 6.31. The maximum Gasteiger partial charge on any atom is 0.0764 e. The zero-order valence-corrected chi connectivity index (χ0v) is 14.8. The third-order valence-electron chi connectivity index (χ3n) is 5.24. The Bertz CT molecular complexity index is 439. The standard InChI is InChI=1S/C17H28BrN3/c1-20(17-10-6-5-9-16(17)18)13-14-11-12-21(19-14)15-7-3-2-4-8-15/h11-12,15-17H,2-10,13H2,1H3. The van der Waals surface area contributed by atoms with Gasteiger partial charge in [0.1, 0.15) is 0 Å². The van der Waals surface area contributed by atoms with Crippen LogP contribution in [0.3, 0.4) is 0 Å². The normalized spacial score (nSPS) is 28.1. The maximum atomic E-state index is 4.85. The Morgan fingerprint density at radius 2 is 1.86 bits per heavy atom. The van der Waals surface area contributed by atoms with Crippen LogP contribution in [0.4, 0.5) is 0 Å². The molecule has 2 saturated carbocycles. The number of halogens is 1. The molecule has 1 aromatic rings. The SMILES string of the molecule is CN(Cc1ccn(C2CCCCC2)n1)C1CCCCC1Br. The summed E-state index contributed by atoms with van der Waals surface area (Å²) in [7, 11) is 2.25. The van der Waals surface area contributed by atoms with E-state index in [0.29, 0.717) is 16.9 Å². The lowest BCUT2D eigenvalue weighted by Crippen LogP contribution is -2.40. The summed E-state index contributed by atoms with van der Waals surface area (Å²) in [5.74, 6) is 0. The summed E-state index contributed by atoms with van der Waals surface area (Å²) < 4.78 is 2.23. The van der Waals surface area contributed by atoms with Crippen LogP contribution in [0.2, 0.25) is 0 Å². The Kier molecular flexibility index (Phi) is 5.38. The van der Waals surface area contributed by atoms with Crippen molar-refractivity contribution in [2.24, 2.45) is 0 Å². The van der Waals surface area contributed by atoms with Crippen molar-refractivity contribution < 1.29 is 0 Å². The van der Waals surface area contributed by atoms with Crippen LogP contribution in [-0.2, 0) is 6.54 Å². The molecule has 0 bridgehead atoms. The summed E-state index contributed by atoms with van der Waals surface area (Å²) in [6.07, 6.45) is 14.3. The van der Waals surface area contributed by atoms with Crippen molar-refractivity contribution in [1.29, 1.82) is 0 Å². The summed E-state index contributed by atoms with van der Waals surface area (Å²) in [4.78, 5) is 3.14. The van der Waals surface area contributed by atoms with Crippen LogP contribution in [0.5, 0.6) is 0 Å². The van der Waals surface area contributed by atoms with Crippen LogP contribution in [0.1, 0.15) is 69.5 Å². The Morgan fingerprint density at radius 1 is 1.14 bits per heavy atom. The van der Waals surface area contributed by atoms with Crippen LogP contribution in [0.25, 0.3) is 0 Å². The highest BCUT2D eigenvalue weighted by Gasteiger charge is 2.26. The summed E-state index contributed by atoms with van der Waals surface area (Å²) in [6.45, 7) is 0.979. The van der Waals surface area contributed by atoms with Gasteiger partial charge in [0.15, 0.2) is 0 Å². The Balaban J connectivity index is 1.58. The van der Waals surface area contributed by atoms with Crippen molar-refractivity contribution in [3.63, 3.8) is 0 Å². The van der Waals surface area contributed by atoms with E-state index in [1.807, 2.05) is 0 Å². The van der Waals surface area contributed by atoms with Crippen molar-refractivity contribution in [2.45, 2.75) is 81.2 Å². The van der Waals surface area contributed by atoms with E-state index in [-0.39, 0.29) is 0 Å². The van der Waals surface area contributed by atoms with Gasteiger partial charge in [0.2, 0.25) is 0 Å². The van der Waals surface area contributed by atoms with E-state index in [0.717, 1.165) is 6.54 Å². The first kappa shape index (κ1) is 15.5. The Hall–Kier alpha value is -0.350. The van der Waals surface area contributed by atoms with Gasteiger partial charge in [-0.25, -0.2) is 0 Å². The van der Waals surface area contributed by atoms with Gasteiger partial charge >= 0.3 is 0 Å². The molecule has 3 rings (SSSR count). The molecule has 0 saturated heterocycles. The average Bonchev–Trinajstić information content (AvgIpc) is 2.97. The van der Waals surface area contributed by atoms with Gasteiger partial charge in [0.05, 0.1) is 11.7 Å². The minimum atomic E-state index is 0.649. The monoisotopic (exact) mass is 353 g/mol. The molecule has 0 N–H and O–H groups in total. The second kappa shape index (κ2) is 7.28. The zero-order valence-electron chi connectivity index (χ0n) is 13.2. The number of hydrogen-bond donors (Lipinski definition) is 0. The predicted molar refractivity (Wildman–Crippen MR) is 90.8 cm³/mol. The lowest BCUT2D eigenvalue weighted by Gasteiger charge is -2.34. The Morgan fingerprint density at radius 3 is 2.62 bits per heavy atom. The largest absolute Gasteiger partial charge is 0.296 e. The van der Waals surface area contributed by atoms with Crippen molar-refractivity contribution in [2.75, 3.05) is 7.05 Å². The molecule has 2 fully saturated rings. The second-order valence-electron chi connectivity index (χ2n) is 6.86. The molecule has 118 valence electrons. The molecule has 0 radical (unpaired) electrons. The summed E-state index contributed by atoms with van der Waals surface area (Å²) in [5, 5.41) is 4.85. The first-order valence-electron chi connectivity index (χ1n) is 8.62. The highest BCUT2D eigenvalue weighted by Crippen LogP contribution is 2.29. The van der Waals surface area contributed by atoms with Crippen LogP contribution in [0, 0.1) is 0 Å². The number of nitrogens with zero attached hydrogens (tertiary/aromatic N) is 3. The quantitative estimate of drug-likeness (QED) is 0.741. The summed E-state index contributed by atoms with van der Waals surface area (Å²) in [6, 6.07) is 3.53. The van der Waals surface area contributed by atoms with Crippen LogP contribution in [-0.4, -0.2) is 32.6 Å². The topological polar surface area (TPSA) is 21.1 Å². The first-order valence-corrected chi connectivity index (χ1v) is 9.54. The van der Waals surface area contributed by atoms with E-state index in [2.05, 4.69) is 44.8 Å². The van der Waals surface area contributed by atoms with Crippen LogP contribution >= 0.6 is 15.9 Å². The molecule has 1 heterocycles. The number of aromatic nitrogens is 2. The number of alkyl halides is 1. The molecule has 1 aromatic heterocycles. The molecule has 2 atom stereocenters. The lowest BCUT2D eigenvalue weighted by molar-refractivity contribution is 0.190. The molecular weight excluding hydrogens is 326 g/mol. The second-order valence-corrected chi connectivity index (χ2v) is 8.04. The van der Waals surface area contributed by atoms with Gasteiger partial charge in [-0.1, -0.05) is 48.0 Å². The molecule has 4 heteroatoms. The van der Waals surface area contributed by atoms with E-state index in [1.165, 1.54) is 63.5 Å². The highest BCUT2D eigenvalue weighted by molar-refractivity contribution is 9.09. The van der Waals surface area contributed by atoms with E-state index >= 15 is 0 Å². The molecule has 21 heavy (non-hydrogen) atoms. The van der Waals surface area contributed by atoms with Gasteiger partial charge in [-0.3, -0.25) is 9.58 Å². The van der Waals surface area contributed by atoms with Crippen molar-refractivity contribution >= 4 is 15.9 Å². The van der Waals surface area contributed by atoms with E-state index in [9.17, 15) is 0 Å². The minimum Gasteiger partial charge on any atom is -0.296 e. The van der Waals surface area contributed by atoms with Gasteiger partial charge in [-0.15, -0.1) is 0 Å². The van der Waals surface area contributed by atoms with Crippen LogP contribution in [0.15, 0.2) is 12.3 Å². The zero-order chi connectivity index (χ0) is 14.7. The molecule has 0 spiro atoms. The van der Waals surface area contributed by atoms with Gasteiger partial charge in [0.25, 0.3) is 0 Å². The van der Waals surface area contributed by atoms with Gasteiger partial charge < -0.3 is 0 Å². The average molecular weight is 354 g/mol. The van der Waals surface area contributed by atoms with E-state index in [1.54, 1.807) is 0 Å². The molecule has 2 unspecified atom stereocenters. The number of rotatable bonds is 4. The van der Waals surface area contributed by atoms with Gasteiger partial charge in [0, 0.05) is 23.6 Å². The van der Waals surface area contributed by atoms with Gasteiger partial charge in [-0.05, 0) is 38.8 Å². The van der Waals surface area contributed by atoms with Crippen LogP contribution < -0.4 is 0 Å². The molecule has 2 aliphatic rings. The highest BCUT2D eigenvalue weighted by atomic mass is 79.9. The van der Waals surface area contributed by atoms with E-state index < -0.39 is 0 Å².